The van der Waals surface area contributed by atoms with Crippen molar-refractivity contribution >= 4 is 5.91 Å². The van der Waals surface area contributed by atoms with Gasteiger partial charge in [0.2, 0.25) is 17.7 Å². The maximum atomic E-state index is 11.5. The molecule has 0 saturated carbocycles. The number of carbonyl (C=O) groups is 1. The van der Waals surface area contributed by atoms with E-state index in [4.69, 9.17) is 9.47 Å². The van der Waals surface area contributed by atoms with Crippen LogP contribution in [0.1, 0.15) is 19.4 Å². The molecule has 1 aromatic heterocycles. The molecule has 0 aliphatic rings. The Balaban J connectivity index is 2.59. The van der Waals surface area contributed by atoms with E-state index in [1.165, 1.54) is 20.5 Å². The summed E-state index contributed by atoms with van der Waals surface area (Å²) in [4.78, 5) is 19.5. The van der Waals surface area contributed by atoms with Crippen molar-refractivity contribution in [1.29, 1.82) is 0 Å². The Hall–Kier alpha value is -1.89. The van der Waals surface area contributed by atoms with Gasteiger partial charge in [0.15, 0.2) is 0 Å². The quantitative estimate of drug-likeness (QED) is 0.730. The first-order valence-corrected chi connectivity index (χ1v) is 6.00. The molecular weight excluding hydrogens is 248 g/mol. The predicted octanol–water partition coefficient (Wildman–Crippen LogP) is 0.108. The minimum absolute atomic E-state index is 0.0650. The number of rotatable bonds is 7. The van der Waals surface area contributed by atoms with Crippen LogP contribution in [0.5, 0.6) is 11.8 Å². The van der Waals surface area contributed by atoms with Gasteiger partial charge in [-0.05, 0) is 13.8 Å². The number of amides is 1. The maximum absolute atomic E-state index is 11.5. The molecule has 0 radical (unpaired) electrons. The third-order valence-corrected chi connectivity index (χ3v) is 2.29. The number of aromatic nitrogens is 2. The summed E-state index contributed by atoms with van der Waals surface area (Å²) in [6.45, 7) is 4.42. The summed E-state index contributed by atoms with van der Waals surface area (Å²) >= 11 is 0. The zero-order valence-electron chi connectivity index (χ0n) is 11.7. The van der Waals surface area contributed by atoms with Crippen LogP contribution in [-0.4, -0.2) is 42.7 Å². The fourth-order valence-corrected chi connectivity index (χ4v) is 1.56. The molecule has 0 fully saturated rings. The van der Waals surface area contributed by atoms with Gasteiger partial charge in [-0.3, -0.25) is 4.79 Å². The molecule has 0 aliphatic carbocycles. The standard InChI is InChI=1S/C12H20N4O3/c1-8(2)16-10(17)6-13-5-9-11(18-3)14-7-15-12(9)19-4/h7-8,13H,5-6H2,1-4H3,(H,16,17). The molecular formula is C12H20N4O3. The van der Waals surface area contributed by atoms with Crippen LogP contribution < -0.4 is 20.1 Å². The fraction of sp³-hybridized carbons (Fsp3) is 0.583. The summed E-state index contributed by atoms with van der Waals surface area (Å²) in [6.07, 6.45) is 1.37. The second kappa shape index (κ2) is 7.52. The second-order valence-corrected chi connectivity index (χ2v) is 4.20. The Kier molecular flexibility index (Phi) is 6.01. The molecule has 0 unspecified atom stereocenters. The van der Waals surface area contributed by atoms with Crippen molar-refractivity contribution in [1.82, 2.24) is 20.6 Å². The van der Waals surface area contributed by atoms with E-state index >= 15 is 0 Å². The van der Waals surface area contributed by atoms with E-state index in [0.29, 0.717) is 23.9 Å². The normalized spacial score (nSPS) is 10.4. The Morgan fingerprint density at radius 1 is 1.26 bits per heavy atom. The smallest absolute Gasteiger partial charge is 0.234 e. The molecule has 0 aromatic carbocycles. The lowest BCUT2D eigenvalue weighted by Gasteiger charge is -2.12. The van der Waals surface area contributed by atoms with Crippen molar-refractivity contribution in [3.8, 4) is 11.8 Å². The monoisotopic (exact) mass is 268 g/mol. The molecule has 106 valence electrons. The van der Waals surface area contributed by atoms with E-state index in [0.717, 1.165) is 0 Å². The molecule has 1 heterocycles. The van der Waals surface area contributed by atoms with Crippen LogP contribution in [0.25, 0.3) is 0 Å². The number of hydrogen-bond donors (Lipinski definition) is 2. The first kappa shape index (κ1) is 15.2. The van der Waals surface area contributed by atoms with Crippen molar-refractivity contribution < 1.29 is 14.3 Å². The molecule has 19 heavy (non-hydrogen) atoms. The van der Waals surface area contributed by atoms with E-state index < -0.39 is 0 Å². The highest BCUT2D eigenvalue weighted by atomic mass is 16.5. The molecule has 0 saturated heterocycles. The molecule has 1 aromatic rings. The SMILES string of the molecule is COc1ncnc(OC)c1CNCC(=O)NC(C)C. The zero-order chi connectivity index (χ0) is 14.3. The fourth-order valence-electron chi connectivity index (χ4n) is 1.56. The second-order valence-electron chi connectivity index (χ2n) is 4.20. The minimum atomic E-state index is -0.0650. The third-order valence-electron chi connectivity index (χ3n) is 2.29. The molecule has 7 heteroatoms. The van der Waals surface area contributed by atoms with Crippen molar-refractivity contribution in [2.45, 2.75) is 26.4 Å². The van der Waals surface area contributed by atoms with E-state index in [1.807, 2.05) is 13.8 Å². The summed E-state index contributed by atoms with van der Waals surface area (Å²) in [5.41, 5.74) is 0.685. The Bertz CT molecular complexity index is 401. The van der Waals surface area contributed by atoms with Gasteiger partial charge in [-0.1, -0.05) is 0 Å². The van der Waals surface area contributed by atoms with Crippen LogP contribution in [0.2, 0.25) is 0 Å². The Morgan fingerprint density at radius 2 is 1.84 bits per heavy atom. The number of ether oxygens (including phenoxy) is 2. The first-order chi connectivity index (χ1) is 9.08. The summed E-state index contributed by atoms with van der Waals surface area (Å²) < 4.78 is 10.3. The lowest BCUT2D eigenvalue weighted by Crippen LogP contribution is -2.37. The van der Waals surface area contributed by atoms with Gasteiger partial charge < -0.3 is 20.1 Å². The van der Waals surface area contributed by atoms with Gasteiger partial charge in [-0.15, -0.1) is 0 Å². The molecule has 0 atom stereocenters. The van der Waals surface area contributed by atoms with E-state index in [9.17, 15) is 4.79 Å². The number of methoxy groups -OCH3 is 2. The van der Waals surface area contributed by atoms with Crippen LogP contribution in [0.3, 0.4) is 0 Å². The summed E-state index contributed by atoms with van der Waals surface area (Å²) in [5.74, 6) is 0.803. The van der Waals surface area contributed by atoms with Crippen molar-refractivity contribution in [3.05, 3.63) is 11.9 Å². The number of nitrogens with one attached hydrogen (secondary N) is 2. The van der Waals surface area contributed by atoms with E-state index in [2.05, 4.69) is 20.6 Å². The van der Waals surface area contributed by atoms with Crippen LogP contribution in [0.4, 0.5) is 0 Å². The highest BCUT2D eigenvalue weighted by Gasteiger charge is 2.13. The van der Waals surface area contributed by atoms with Crippen LogP contribution in [0.15, 0.2) is 6.33 Å². The van der Waals surface area contributed by atoms with Gasteiger partial charge in [0.05, 0.1) is 26.3 Å². The van der Waals surface area contributed by atoms with Crippen molar-refractivity contribution in [2.75, 3.05) is 20.8 Å². The number of carbonyl (C=O) groups excluding carboxylic acids is 1. The first-order valence-electron chi connectivity index (χ1n) is 6.00. The average molecular weight is 268 g/mol. The number of nitrogens with zero attached hydrogens (tertiary/aromatic N) is 2. The highest BCUT2D eigenvalue weighted by Crippen LogP contribution is 2.22. The summed E-state index contributed by atoms with van der Waals surface area (Å²) in [7, 11) is 3.05. The topological polar surface area (TPSA) is 85.4 Å². The van der Waals surface area contributed by atoms with Crippen molar-refractivity contribution in [3.63, 3.8) is 0 Å². The third kappa shape index (κ3) is 4.70. The minimum Gasteiger partial charge on any atom is -0.481 e. The Labute approximate surface area is 112 Å². The number of hydrogen-bond acceptors (Lipinski definition) is 6. The lowest BCUT2D eigenvalue weighted by molar-refractivity contribution is -0.120. The van der Waals surface area contributed by atoms with Crippen LogP contribution in [0, 0.1) is 0 Å². The molecule has 7 nitrogen and oxygen atoms in total. The van der Waals surface area contributed by atoms with Gasteiger partial charge in [0.25, 0.3) is 0 Å². The molecule has 1 amide bonds. The van der Waals surface area contributed by atoms with Gasteiger partial charge in [0, 0.05) is 12.6 Å². The molecule has 0 bridgehead atoms. The Morgan fingerprint density at radius 3 is 2.32 bits per heavy atom. The van der Waals surface area contributed by atoms with E-state index in [1.54, 1.807) is 0 Å². The highest BCUT2D eigenvalue weighted by molar-refractivity contribution is 5.78. The largest absolute Gasteiger partial charge is 0.481 e. The molecule has 0 spiro atoms. The van der Waals surface area contributed by atoms with Gasteiger partial charge in [-0.25, -0.2) is 9.97 Å². The summed E-state index contributed by atoms with van der Waals surface area (Å²) in [6, 6.07) is 0.124. The van der Waals surface area contributed by atoms with Gasteiger partial charge in [-0.2, -0.15) is 0 Å². The van der Waals surface area contributed by atoms with E-state index in [-0.39, 0.29) is 18.5 Å². The molecule has 1 rings (SSSR count). The average Bonchev–Trinajstić information content (AvgIpc) is 2.37. The molecule has 0 aliphatic heterocycles. The maximum Gasteiger partial charge on any atom is 0.234 e. The van der Waals surface area contributed by atoms with Gasteiger partial charge in [0.1, 0.15) is 6.33 Å². The van der Waals surface area contributed by atoms with Gasteiger partial charge >= 0.3 is 0 Å². The van der Waals surface area contributed by atoms with Crippen LogP contribution in [-0.2, 0) is 11.3 Å². The molecule has 2 N–H and O–H groups in total. The van der Waals surface area contributed by atoms with Crippen molar-refractivity contribution in [2.24, 2.45) is 0 Å². The van der Waals surface area contributed by atoms with Crippen LogP contribution >= 0.6 is 0 Å². The predicted molar refractivity (Wildman–Crippen MR) is 70.1 cm³/mol. The summed E-state index contributed by atoms with van der Waals surface area (Å²) in [5, 5.41) is 5.80. The lowest BCUT2D eigenvalue weighted by atomic mass is 10.3. The zero-order valence-corrected chi connectivity index (χ0v) is 11.7.